The van der Waals surface area contributed by atoms with Crippen LogP contribution in [0.4, 0.5) is 11.4 Å². The third-order valence-electron chi connectivity index (χ3n) is 3.45. The van der Waals surface area contributed by atoms with E-state index in [-0.39, 0.29) is 10.6 Å². The van der Waals surface area contributed by atoms with Crippen molar-refractivity contribution in [3.63, 3.8) is 0 Å². The number of rotatable bonds is 4. The van der Waals surface area contributed by atoms with Gasteiger partial charge in [0.1, 0.15) is 10.6 Å². The van der Waals surface area contributed by atoms with Crippen molar-refractivity contribution in [3.05, 3.63) is 23.1 Å². The highest BCUT2D eigenvalue weighted by molar-refractivity contribution is 7.89. The highest BCUT2D eigenvalue weighted by Gasteiger charge is 2.23. The maximum Gasteiger partial charge on any atom is 0.242 e. The number of piperazine rings is 1. The molecule has 0 atom stereocenters. The minimum Gasteiger partial charge on any atom is -0.368 e. The summed E-state index contributed by atoms with van der Waals surface area (Å²) in [4.78, 5) is 14.9. The van der Waals surface area contributed by atoms with Crippen molar-refractivity contribution < 1.29 is 8.42 Å². The van der Waals surface area contributed by atoms with Gasteiger partial charge in [0.25, 0.3) is 0 Å². The molecule has 0 amide bonds. The first kappa shape index (κ1) is 14.9. The molecule has 7 nitrogen and oxygen atoms in total. The molecule has 2 rings (SSSR count). The number of sulfonamides is 1. The van der Waals surface area contributed by atoms with Crippen molar-refractivity contribution in [2.75, 3.05) is 45.2 Å². The lowest BCUT2D eigenvalue weighted by Gasteiger charge is -2.35. The maximum absolute atomic E-state index is 12.1. The summed E-state index contributed by atoms with van der Waals surface area (Å²) >= 11 is 0. The fourth-order valence-electron chi connectivity index (χ4n) is 2.19. The van der Waals surface area contributed by atoms with E-state index >= 15 is 0 Å². The quantitative estimate of drug-likeness (QED) is 0.829. The Morgan fingerprint density at radius 2 is 1.85 bits per heavy atom. The summed E-state index contributed by atoms with van der Waals surface area (Å²) in [5, 5.41) is 2.81. The molecule has 1 aliphatic heterocycles. The highest BCUT2D eigenvalue weighted by atomic mass is 32.2. The summed E-state index contributed by atoms with van der Waals surface area (Å²) in [6.07, 6.45) is 0. The molecule has 1 heterocycles. The molecule has 0 saturated carbocycles. The second-order valence-corrected chi connectivity index (χ2v) is 6.60. The number of anilines is 1. The number of hydrogen-bond acceptors (Lipinski definition) is 6. The number of benzene rings is 1. The van der Waals surface area contributed by atoms with Gasteiger partial charge < -0.3 is 9.80 Å². The van der Waals surface area contributed by atoms with Crippen LogP contribution in [0.3, 0.4) is 0 Å². The molecular formula is C12H18N4O3S. The maximum atomic E-state index is 12.1. The minimum atomic E-state index is -3.63. The highest BCUT2D eigenvalue weighted by Crippen LogP contribution is 2.30. The van der Waals surface area contributed by atoms with Gasteiger partial charge >= 0.3 is 0 Å². The molecule has 1 aliphatic rings. The number of nitrogens with one attached hydrogen (secondary N) is 1. The number of nitroso groups, excluding NO2 is 1. The molecule has 1 aromatic rings. The Labute approximate surface area is 118 Å². The average molecular weight is 298 g/mol. The van der Waals surface area contributed by atoms with E-state index in [1.807, 2.05) is 11.9 Å². The molecule has 0 aliphatic carbocycles. The van der Waals surface area contributed by atoms with E-state index in [0.717, 1.165) is 26.2 Å². The van der Waals surface area contributed by atoms with Crippen molar-refractivity contribution in [3.8, 4) is 0 Å². The van der Waals surface area contributed by atoms with E-state index in [9.17, 15) is 13.3 Å². The Morgan fingerprint density at radius 3 is 2.40 bits per heavy atom. The van der Waals surface area contributed by atoms with E-state index in [1.165, 1.54) is 19.2 Å². The van der Waals surface area contributed by atoms with Gasteiger partial charge in [-0.1, -0.05) is 0 Å². The van der Waals surface area contributed by atoms with Crippen molar-refractivity contribution in [1.82, 2.24) is 9.62 Å². The van der Waals surface area contributed by atoms with Gasteiger partial charge in [-0.25, -0.2) is 13.1 Å². The third kappa shape index (κ3) is 2.97. The Morgan fingerprint density at radius 1 is 1.20 bits per heavy atom. The van der Waals surface area contributed by atoms with Crippen LogP contribution in [0, 0.1) is 4.91 Å². The SMILES string of the molecule is CNS(=O)(=O)c1cc(N=O)ccc1N1CCN(C)CC1. The average Bonchev–Trinajstić information content (AvgIpc) is 2.47. The Kier molecular flexibility index (Phi) is 4.36. The summed E-state index contributed by atoms with van der Waals surface area (Å²) in [5.74, 6) is 0. The molecule has 20 heavy (non-hydrogen) atoms. The van der Waals surface area contributed by atoms with Gasteiger partial charge in [-0.05, 0) is 37.5 Å². The first-order valence-corrected chi connectivity index (χ1v) is 7.80. The van der Waals surface area contributed by atoms with Crippen molar-refractivity contribution in [2.45, 2.75) is 4.90 Å². The van der Waals surface area contributed by atoms with E-state index < -0.39 is 10.0 Å². The monoisotopic (exact) mass is 298 g/mol. The lowest BCUT2D eigenvalue weighted by molar-refractivity contribution is 0.312. The fraction of sp³-hybridized carbons (Fsp3) is 0.500. The van der Waals surface area contributed by atoms with Crippen LogP contribution >= 0.6 is 0 Å². The van der Waals surface area contributed by atoms with Crippen molar-refractivity contribution in [1.29, 1.82) is 0 Å². The molecule has 1 aromatic carbocycles. The summed E-state index contributed by atoms with van der Waals surface area (Å²) in [6, 6.07) is 4.49. The van der Waals surface area contributed by atoms with Gasteiger partial charge in [0.05, 0.1) is 5.69 Å². The fourth-order valence-corrected chi connectivity index (χ4v) is 3.16. The summed E-state index contributed by atoms with van der Waals surface area (Å²) in [5.41, 5.74) is 0.719. The van der Waals surface area contributed by atoms with Crippen molar-refractivity contribution in [2.24, 2.45) is 5.18 Å². The van der Waals surface area contributed by atoms with Crippen LogP contribution in [0.2, 0.25) is 0 Å². The second kappa shape index (κ2) is 5.86. The molecule has 1 saturated heterocycles. The molecule has 8 heteroatoms. The largest absolute Gasteiger partial charge is 0.368 e. The molecular weight excluding hydrogens is 280 g/mol. The van der Waals surface area contributed by atoms with Crippen LogP contribution in [0.5, 0.6) is 0 Å². The second-order valence-electron chi connectivity index (χ2n) is 4.74. The molecule has 0 spiro atoms. The predicted octanol–water partition coefficient (Wildman–Crippen LogP) is 0.744. The predicted molar refractivity (Wildman–Crippen MR) is 77.9 cm³/mol. The van der Waals surface area contributed by atoms with Crippen LogP contribution in [-0.2, 0) is 10.0 Å². The van der Waals surface area contributed by atoms with Crippen LogP contribution in [0.25, 0.3) is 0 Å². The van der Waals surface area contributed by atoms with E-state index in [4.69, 9.17) is 0 Å². The first-order valence-electron chi connectivity index (χ1n) is 6.32. The minimum absolute atomic E-state index is 0.0988. The van der Waals surface area contributed by atoms with E-state index in [1.54, 1.807) is 6.07 Å². The van der Waals surface area contributed by atoms with Gasteiger partial charge in [0.2, 0.25) is 10.0 Å². The van der Waals surface area contributed by atoms with Gasteiger partial charge in [0.15, 0.2) is 0 Å². The standard InChI is InChI=1S/C12H18N4O3S/c1-13-20(18,19)12-9-10(14-17)3-4-11(12)16-7-5-15(2)6-8-16/h3-4,9,13H,5-8H2,1-2H3. The topological polar surface area (TPSA) is 82.1 Å². The number of hydrogen-bond donors (Lipinski definition) is 1. The van der Waals surface area contributed by atoms with Crippen LogP contribution in [-0.4, -0.2) is 53.6 Å². The molecule has 0 unspecified atom stereocenters. The summed E-state index contributed by atoms with van der Waals surface area (Å²) < 4.78 is 26.5. The van der Waals surface area contributed by atoms with Gasteiger partial charge in [-0.3, -0.25) is 0 Å². The summed E-state index contributed by atoms with van der Waals surface area (Å²) in [7, 11) is -0.247. The molecule has 110 valence electrons. The van der Waals surface area contributed by atoms with E-state index in [2.05, 4.69) is 14.8 Å². The summed E-state index contributed by atoms with van der Waals surface area (Å²) in [6.45, 7) is 3.23. The third-order valence-corrected chi connectivity index (χ3v) is 4.89. The Balaban J connectivity index is 2.44. The van der Waals surface area contributed by atoms with Crippen molar-refractivity contribution >= 4 is 21.4 Å². The zero-order chi connectivity index (χ0) is 14.8. The lowest BCUT2D eigenvalue weighted by atomic mass is 10.2. The molecule has 1 N–H and O–H groups in total. The zero-order valence-corrected chi connectivity index (χ0v) is 12.4. The van der Waals surface area contributed by atoms with Crippen LogP contribution in [0.1, 0.15) is 0 Å². The molecule has 0 bridgehead atoms. The molecule has 0 aromatic heterocycles. The first-order chi connectivity index (χ1) is 9.47. The van der Waals surface area contributed by atoms with E-state index in [0.29, 0.717) is 5.69 Å². The van der Waals surface area contributed by atoms with Gasteiger partial charge in [0, 0.05) is 26.2 Å². The molecule has 0 radical (unpaired) electrons. The number of likely N-dealkylation sites (N-methyl/N-ethyl adjacent to an activating group) is 1. The van der Waals surface area contributed by atoms with Gasteiger partial charge in [-0.2, -0.15) is 0 Å². The normalized spacial score (nSPS) is 17.2. The lowest BCUT2D eigenvalue weighted by Crippen LogP contribution is -2.45. The smallest absolute Gasteiger partial charge is 0.242 e. The zero-order valence-electron chi connectivity index (χ0n) is 11.5. The van der Waals surface area contributed by atoms with Gasteiger partial charge in [-0.15, -0.1) is 4.91 Å². The van der Waals surface area contributed by atoms with Crippen LogP contribution < -0.4 is 9.62 Å². The molecule has 1 fully saturated rings. The van der Waals surface area contributed by atoms with Crippen LogP contribution in [0.15, 0.2) is 28.3 Å². The Bertz CT molecular complexity index is 595. The number of nitrogens with zero attached hydrogens (tertiary/aromatic N) is 3. The Hall–Kier alpha value is -1.51.